The Morgan fingerprint density at radius 3 is 1.46 bits per heavy atom. The maximum atomic E-state index is 5.47. The molecule has 2 atom stereocenters. The third-order valence-corrected chi connectivity index (χ3v) is 9.24. The molecule has 0 radical (unpaired) electrons. The molecule has 0 N–H and O–H groups in total. The summed E-state index contributed by atoms with van der Waals surface area (Å²) in [6, 6.07) is 57.2. The molecule has 3 nitrogen and oxygen atoms in total. The van der Waals surface area contributed by atoms with Crippen LogP contribution in [0.3, 0.4) is 0 Å². The van der Waals surface area contributed by atoms with E-state index in [1.165, 1.54) is 5.56 Å². The van der Waals surface area contributed by atoms with E-state index >= 15 is 0 Å². The van der Waals surface area contributed by atoms with E-state index in [4.69, 9.17) is 15.0 Å². The Kier molecular flexibility index (Phi) is 7.82. The Bertz CT molecular complexity index is 1960. The van der Waals surface area contributed by atoms with E-state index in [-0.39, 0.29) is 0 Å². The van der Waals surface area contributed by atoms with Crippen molar-refractivity contribution in [2.45, 2.75) is 24.7 Å². The monoisotopic (exact) mass is 593 g/mol. The van der Waals surface area contributed by atoms with Crippen molar-refractivity contribution in [3.63, 3.8) is 0 Å². The van der Waals surface area contributed by atoms with Crippen LogP contribution in [0.25, 0.3) is 22.4 Å². The maximum Gasteiger partial charge on any atom is 0.0768 e. The van der Waals surface area contributed by atoms with Crippen molar-refractivity contribution in [2.24, 2.45) is 0 Å². The lowest BCUT2D eigenvalue weighted by atomic mass is 9.73. The number of hydrogen-bond donors (Lipinski definition) is 0. The number of hydrogen-bond acceptors (Lipinski definition) is 3. The fourth-order valence-corrected chi connectivity index (χ4v) is 6.47. The van der Waals surface area contributed by atoms with E-state index < -0.39 is 10.8 Å². The van der Waals surface area contributed by atoms with Crippen LogP contribution in [0.2, 0.25) is 0 Å². The average molecular weight is 594 g/mol. The Morgan fingerprint density at radius 2 is 0.870 bits per heavy atom. The second-order valence-corrected chi connectivity index (χ2v) is 12.0. The van der Waals surface area contributed by atoms with Crippen molar-refractivity contribution in [1.82, 2.24) is 15.0 Å². The highest BCUT2D eigenvalue weighted by Gasteiger charge is 2.36. The summed E-state index contributed by atoms with van der Waals surface area (Å²) < 4.78 is 0. The van der Waals surface area contributed by atoms with Crippen molar-refractivity contribution in [3.8, 4) is 22.4 Å². The molecular formula is C43H35N3. The number of benzene rings is 4. The number of nitrogens with zero attached hydrogens (tertiary/aromatic N) is 3. The minimum atomic E-state index is -0.591. The Balaban J connectivity index is 1.46. The van der Waals surface area contributed by atoms with Crippen LogP contribution in [-0.2, 0) is 10.8 Å². The van der Waals surface area contributed by atoms with Crippen molar-refractivity contribution in [2.75, 3.05) is 0 Å². The SMILES string of the molecule is CC(c1ccccc1)(c1cccc(-c2cc(-c3ccccc3)cc(C(C)(c3ccccc3)c3ccccn3)n2)c1)c1ccccn1. The van der Waals surface area contributed by atoms with Gasteiger partial charge in [0.15, 0.2) is 0 Å². The fourth-order valence-electron chi connectivity index (χ4n) is 6.47. The Labute approximate surface area is 271 Å². The minimum absolute atomic E-state index is 0.467. The van der Waals surface area contributed by atoms with Crippen molar-refractivity contribution in [3.05, 3.63) is 210 Å². The molecule has 0 aliphatic heterocycles. The summed E-state index contributed by atoms with van der Waals surface area (Å²) in [7, 11) is 0. The lowest BCUT2D eigenvalue weighted by Gasteiger charge is -2.31. The zero-order valence-electron chi connectivity index (χ0n) is 26.1. The normalized spacial score (nSPS) is 13.8. The van der Waals surface area contributed by atoms with Gasteiger partial charge in [-0.2, -0.15) is 0 Å². The molecule has 3 aromatic heterocycles. The standard InChI is InChI=1S/C43H35N3/c1-42(35-20-8-4-9-21-35,39-25-12-14-27-44-39)37-24-16-19-33(29-37)38-30-34(32-17-6-3-7-18-32)31-41(46-38)43(2,36-22-10-5-11-23-36)40-26-13-15-28-45-40/h3-31H,1-2H3. The van der Waals surface area contributed by atoms with E-state index in [0.29, 0.717) is 0 Å². The molecule has 222 valence electrons. The van der Waals surface area contributed by atoms with Gasteiger partial charge >= 0.3 is 0 Å². The highest BCUT2D eigenvalue weighted by molar-refractivity contribution is 5.73. The molecule has 7 aromatic rings. The van der Waals surface area contributed by atoms with Gasteiger partial charge in [-0.15, -0.1) is 0 Å². The van der Waals surface area contributed by atoms with Crippen LogP contribution in [0.15, 0.2) is 176 Å². The molecule has 0 saturated heterocycles. The largest absolute Gasteiger partial charge is 0.260 e. The van der Waals surface area contributed by atoms with E-state index in [0.717, 1.165) is 50.6 Å². The van der Waals surface area contributed by atoms with Crippen LogP contribution >= 0.6 is 0 Å². The van der Waals surface area contributed by atoms with Crippen molar-refractivity contribution in [1.29, 1.82) is 0 Å². The van der Waals surface area contributed by atoms with E-state index in [1.807, 2.05) is 24.5 Å². The summed E-state index contributed by atoms with van der Waals surface area (Å²) in [6.07, 6.45) is 3.74. The lowest BCUT2D eigenvalue weighted by molar-refractivity contribution is 0.642. The van der Waals surface area contributed by atoms with Gasteiger partial charge in [-0.1, -0.05) is 121 Å². The molecule has 3 heterocycles. The highest BCUT2D eigenvalue weighted by atomic mass is 14.8. The molecule has 0 fully saturated rings. The van der Waals surface area contributed by atoms with Crippen LogP contribution < -0.4 is 0 Å². The van der Waals surface area contributed by atoms with Crippen LogP contribution in [0.4, 0.5) is 0 Å². The zero-order chi connectivity index (χ0) is 31.4. The molecule has 0 aliphatic carbocycles. The van der Waals surface area contributed by atoms with E-state index in [1.54, 1.807) is 0 Å². The molecule has 7 rings (SSSR count). The van der Waals surface area contributed by atoms with E-state index in [9.17, 15) is 0 Å². The van der Waals surface area contributed by atoms with Gasteiger partial charge in [-0.05, 0) is 84.1 Å². The summed E-state index contributed by atoms with van der Waals surface area (Å²) in [5, 5.41) is 0. The van der Waals surface area contributed by atoms with Gasteiger partial charge in [0.05, 0.1) is 33.6 Å². The first-order chi connectivity index (χ1) is 22.6. The summed E-state index contributed by atoms with van der Waals surface area (Å²) >= 11 is 0. The third kappa shape index (κ3) is 5.31. The molecule has 0 saturated carbocycles. The molecule has 0 amide bonds. The van der Waals surface area contributed by atoms with Crippen LogP contribution in [0.1, 0.15) is 47.6 Å². The number of pyridine rings is 3. The molecule has 4 aromatic carbocycles. The minimum Gasteiger partial charge on any atom is -0.260 e. The van der Waals surface area contributed by atoms with Crippen LogP contribution in [-0.4, -0.2) is 15.0 Å². The van der Waals surface area contributed by atoms with Crippen LogP contribution in [0.5, 0.6) is 0 Å². The molecule has 2 unspecified atom stereocenters. The number of rotatable bonds is 8. The molecule has 0 aliphatic rings. The van der Waals surface area contributed by atoms with Crippen molar-refractivity contribution < 1.29 is 0 Å². The second kappa shape index (κ2) is 12.4. The quantitative estimate of drug-likeness (QED) is 0.176. The van der Waals surface area contributed by atoms with Crippen molar-refractivity contribution >= 4 is 0 Å². The summed E-state index contributed by atoms with van der Waals surface area (Å²) in [4.78, 5) is 15.2. The third-order valence-electron chi connectivity index (χ3n) is 9.24. The predicted molar refractivity (Wildman–Crippen MR) is 188 cm³/mol. The smallest absolute Gasteiger partial charge is 0.0768 e. The maximum absolute atomic E-state index is 5.47. The second-order valence-electron chi connectivity index (χ2n) is 12.0. The molecule has 46 heavy (non-hydrogen) atoms. The highest BCUT2D eigenvalue weighted by Crippen LogP contribution is 2.42. The summed E-state index contributed by atoms with van der Waals surface area (Å²) in [6.45, 7) is 4.49. The summed E-state index contributed by atoms with van der Waals surface area (Å²) in [5.74, 6) is 0. The van der Waals surface area contributed by atoms with Gasteiger partial charge in [-0.25, -0.2) is 0 Å². The van der Waals surface area contributed by atoms with Gasteiger partial charge in [0, 0.05) is 18.0 Å². The Hall–Kier alpha value is -5.67. The van der Waals surface area contributed by atoms with Gasteiger partial charge < -0.3 is 0 Å². The molecule has 3 heteroatoms. The van der Waals surface area contributed by atoms with Gasteiger partial charge in [0.2, 0.25) is 0 Å². The first-order valence-electron chi connectivity index (χ1n) is 15.7. The first kappa shape index (κ1) is 29.1. The topological polar surface area (TPSA) is 38.7 Å². The predicted octanol–water partition coefficient (Wildman–Crippen LogP) is 9.91. The first-order valence-corrected chi connectivity index (χ1v) is 15.7. The Morgan fingerprint density at radius 1 is 0.370 bits per heavy atom. The fraction of sp³-hybridized carbons (Fsp3) is 0.0930. The molecule has 0 spiro atoms. The van der Waals surface area contributed by atoms with Gasteiger partial charge in [0.25, 0.3) is 0 Å². The summed E-state index contributed by atoms with van der Waals surface area (Å²) in [5.41, 5.74) is 9.51. The zero-order valence-corrected chi connectivity index (χ0v) is 26.1. The van der Waals surface area contributed by atoms with Gasteiger partial charge in [0.1, 0.15) is 0 Å². The average Bonchev–Trinajstić information content (AvgIpc) is 3.16. The lowest BCUT2D eigenvalue weighted by Crippen LogP contribution is -2.28. The molecule has 0 bridgehead atoms. The molecular weight excluding hydrogens is 558 g/mol. The van der Waals surface area contributed by atoms with Crippen LogP contribution in [0, 0.1) is 0 Å². The van der Waals surface area contributed by atoms with Gasteiger partial charge in [-0.3, -0.25) is 15.0 Å². The van der Waals surface area contributed by atoms with E-state index in [2.05, 4.69) is 166 Å². The number of aromatic nitrogens is 3.